The van der Waals surface area contributed by atoms with Gasteiger partial charge in [-0.15, -0.1) is 22.7 Å². The molecule has 118 valence electrons. The molecule has 2 aromatic rings. The van der Waals surface area contributed by atoms with Crippen LogP contribution in [0.15, 0.2) is 22.9 Å². The van der Waals surface area contributed by atoms with Crippen molar-refractivity contribution in [3.63, 3.8) is 0 Å². The van der Waals surface area contributed by atoms with Crippen LogP contribution in [0.2, 0.25) is 0 Å². The Morgan fingerprint density at radius 3 is 2.68 bits per heavy atom. The van der Waals surface area contributed by atoms with E-state index >= 15 is 0 Å². The molecule has 0 spiro atoms. The fourth-order valence-electron chi connectivity index (χ4n) is 2.06. The Hall–Kier alpha value is -1.57. The van der Waals surface area contributed by atoms with Crippen LogP contribution in [0.1, 0.15) is 46.2 Å². The second-order valence-corrected chi connectivity index (χ2v) is 6.78. The largest absolute Gasteiger partial charge is 0.293 e. The van der Waals surface area contributed by atoms with Gasteiger partial charge >= 0.3 is 0 Å². The summed E-state index contributed by atoms with van der Waals surface area (Å²) < 4.78 is 0. The first-order chi connectivity index (χ1) is 10.5. The van der Waals surface area contributed by atoms with E-state index in [2.05, 4.69) is 4.98 Å². The fourth-order valence-corrected chi connectivity index (χ4v) is 3.45. The van der Waals surface area contributed by atoms with Gasteiger partial charge in [0.05, 0.1) is 28.7 Å². The summed E-state index contributed by atoms with van der Waals surface area (Å²) in [6, 6.07) is 3.32. The van der Waals surface area contributed by atoms with E-state index in [4.69, 9.17) is 4.84 Å². The van der Waals surface area contributed by atoms with Gasteiger partial charge in [0.15, 0.2) is 5.78 Å². The van der Waals surface area contributed by atoms with Gasteiger partial charge in [-0.25, -0.2) is 10.0 Å². The Labute approximate surface area is 137 Å². The molecule has 7 heteroatoms. The van der Waals surface area contributed by atoms with Crippen LogP contribution in [0, 0.1) is 6.92 Å². The molecule has 0 radical (unpaired) electrons. The van der Waals surface area contributed by atoms with Crippen molar-refractivity contribution in [1.29, 1.82) is 0 Å². The van der Waals surface area contributed by atoms with Gasteiger partial charge in [-0.2, -0.15) is 0 Å². The van der Waals surface area contributed by atoms with Gasteiger partial charge in [-0.1, -0.05) is 6.07 Å². The van der Waals surface area contributed by atoms with Crippen LogP contribution in [0.4, 0.5) is 0 Å². The first kappa shape index (κ1) is 16.8. The highest BCUT2D eigenvalue weighted by atomic mass is 32.1. The molecule has 0 N–H and O–H groups in total. The van der Waals surface area contributed by atoms with Crippen molar-refractivity contribution in [3.05, 3.63) is 38.5 Å². The van der Waals surface area contributed by atoms with Gasteiger partial charge in [0.25, 0.3) is 0 Å². The molecule has 2 rings (SSSR count). The Balaban J connectivity index is 1.95. The van der Waals surface area contributed by atoms with E-state index < -0.39 is 0 Å². The zero-order valence-corrected chi connectivity index (χ0v) is 14.4. The summed E-state index contributed by atoms with van der Waals surface area (Å²) in [4.78, 5) is 34.5. The van der Waals surface area contributed by atoms with Crippen molar-refractivity contribution in [2.24, 2.45) is 0 Å². The van der Waals surface area contributed by atoms with E-state index in [1.807, 2.05) is 30.7 Å². The Morgan fingerprint density at radius 1 is 1.36 bits per heavy atom. The van der Waals surface area contributed by atoms with E-state index in [1.54, 1.807) is 6.07 Å². The smallest absolute Gasteiger partial charge is 0.247 e. The summed E-state index contributed by atoms with van der Waals surface area (Å²) in [6.07, 6.45) is 0.306. The number of carbonyl (C=O) groups is 2. The van der Waals surface area contributed by atoms with Gasteiger partial charge < -0.3 is 0 Å². The molecule has 0 aliphatic rings. The molecule has 0 bridgehead atoms. The minimum absolute atomic E-state index is 0.0171. The summed E-state index contributed by atoms with van der Waals surface area (Å²) in [7, 11) is 1.45. The van der Waals surface area contributed by atoms with Gasteiger partial charge in [-0.05, 0) is 25.3 Å². The number of thiazole rings is 1. The summed E-state index contributed by atoms with van der Waals surface area (Å²) in [5, 5.41) is 5.99. The molecular formula is C15H18N2O3S2. The number of hydrogen-bond donors (Lipinski definition) is 0. The van der Waals surface area contributed by atoms with Gasteiger partial charge in [0.1, 0.15) is 0 Å². The van der Waals surface area contributed by atoms with Crippen molar-refractivity contribution in [2.45, 2.75) is 32.7 Å². The van der Waals surface area contributed by atoms with E-state index in [1.165, 1.54) is 34.8 Å². The maximum absolute atomic E-state index is 12.3. The molecule has 0 aromatic carbocycles. The first-order valence-corrected chi connectivity index (χ1v) is 8.63. The number of amides is 1. The standard InChI is InChI=1S/C15H18N2O3S2/c1-10(12-9-22-11(2)16-12)17(20-3)15(19)7-6-13(18)14-5-4-8-21-14/h4-5,8-10H,6-7H2,1-3H3. The molecule has 0 aliphatic heterocycles. The number of aryl methyl sites for hydroxylation is 1. The number of rotatable bonds is 7. The van der Waals surface area contributed by atoms with Gasteiger partial charge in [0, 0.05) is 18.2 Å². The highest BCUT2D eigenvalue weighted by Gasteiger charge is 2.24. The van der Waals surface area contributed by atoms with Crippen molar-refractivity contribution in [2.75, 3.05) is 7.11 Å². The fraction of sp³-hybridized carbons (Fsp3) is 0.400. The number of ketones is 1. The van der Waals surface area contributed by atoms with E-state index in [9.17, 15) is 9.59 Å². The molecule has 2 heterocycles. The molecule has 0 saturated heterocycles. The zero-order chi connectivity index (χ0) is 16.1. The zero-order valence-electron chi connectivity index (χ0n) is 12.7. The molecular weight excluding hydrogens is 320 g/mol. The van der Waals surface area contributed by atoms with Crippen LogP contribution in [0.5, 0.6) is 0 Å². The highest BCUT2D eigenvalue weighted by Crippen LogP contribution is 2.23. The predicted molar refractivity (Wildman–Crippen MR) is 87.0 cm³/mol. The molecule has 0 aliphatic carbocycles. The van der Waals surface area contributed by atoms with Crippen LogP contribution in [0.3, 0.4) is 0 Å². The molecule has 1 atom stereocenters. The lowest BCUT2D eigenvalue weighted by Gasteiger charge is -2.25. The monoisotopic (exact) mass is 338 g/mol. The second kappa shape index (κ2) is 7.62. The van der Waals surface area contributed by atoms with Gasteiger partial charge in [-0.3, -0.25) is 14.4 Å². The maximum Gasteiger partial charge on any atom is 0.247 e. The minimum atomic E-state index is -0.278. The van der Waals surface area contributed by atoms with Crippen molar-refractivity contribution in [1.82, 2.24) is 10.0 Å². The third kappa shape index (κ3) is 4.00. The van der Waals surface area contributed by atoms with Crippen LogP contribution in [-0.2, 0) is 9.63 Å². The molecule has 0 saturated carbocycles. The highest BCUT2D eigenvalue weighted by molar-refractivity contribution is 7.12. The van der Waals surface area contributed by atoms with Gasteiger partial charge in [0.2, 0.25) is 5.91 Å². The molecule has 0 fully saturated rings. The van der Waals surface area contributed by atoms with Crippen molar-refractivity contribution < 1.29 is 14.4 Å². The third-order valence-electron chi connectivity index (χ3n) is 3.22. The number of aromatic nitrogens is 1. The number of hydroxylamine groups is 2. The van der Waals surface area contributed by atoms with Crippen LogP contribution < -0.4 is 0 Å². The lowest BCUT2D eigenvalue weighted by molar-refractivity contribution is -0.188. The van der Waals surface area contributed by atoms with Crippen molar-refractivity contribution >= 4 is 34.4 Å². The van der Waals surface area contributed by atoms with E-state index in [0.717, 1.165) is 10.7 Å². The van der Waals surface area contributed by atoms with E-state index in [-0.39, 0.29) is 30.6 Å². The number of Topliss-reactive ketones (excluding diaryl/α,β-unsaturated/α-hetero) is 1. The molecule has 1 unspecified atom stereocenters. The number of carbonyl (C=O) groups excluding carboxylic acids is 2. The molecule has 5 nitrogen and oxygen atoms in total. The average Bonchev–Trinajstić information content (AvgIpc) is 3.16. The average molecular weight is 338 g/mol. The summed E-state index contributed by atoms with van der Waals surface area (Å²) >= 11 is 2.92. The third-order valence-corrected chi connectivity index (χ3v) is 4.92. The normalized spacial score (nSPS) is 12.1. The van der Waals surface area contributed by atoms with Crippen LogP contribution in [0.25, 0.3) is 0 Å². The molecule has 2 aromatic heterocycles. The summed E-state index contributed by atoms with van der Waals surface area (Å²) in [6.45, 7) is 3.77. The topological polar surface area (TPSA) is 59.5 Å². The predicted octanol–water partition coefficient (Wildman–Crippen LogP) is 3.63. The summed E-state index contributed by atoms with van der Waals surface area (Å²) in [5.74, 6) is -0.234. The number of thiophene rings is 1. The van der Waals surface area contributed by atoms with Crippen molar-refractivity contribution in [3.8, 4) is 0 Å². The lowest BCUT2D eigenvalue weighted by atomic mass is 10.1. The SMILES string of the molecule is CON(C(=O)CCC(=O)c1cccs1)C(C)c1csc(C)n1. The lowest BCUT2D eigenvalue weighted by Crippen LogP contribution is -2.33. The Morgan fingerprint density at radius 2 is 2.14 bits per heavy atom. The quantitative estimate of drug-likeness (QED) is 0.571. The second-order valence-electron chi connectivity index (χ2n) is 4.77. The number of nitrogens with zero attached hydrogens (tertiary/aromatic N) is 2. The number of hydrogen-bond acceptors (Lipinski definition) is 6. The Kier molecular flexibility index (Phi) is 5.82. The molecule has 22 heavy (non-hydrogen) atoms. The summed E-state index contributed by atoms with van der Waals surface area (Å²) in [5.41, 5.74) is 0.794. The van der Waals surface area contributed by atoms with E-state index in [0.29, 0.717) is 4.88 Å². The van der Waals surface area contributed by atoms with Crippen LogP contribution >= 0.6 is 22.7 Å². The Bertz CT molecular complexity index is 637. The maximum atomic E-state index is 12.3. The minimum Gasteiger partial charge on any atom is -0.293 e. The molecule has 1 amide bonds. The first-order valence-electron chi connectivity index (χ1n) is 6.87. The van der Waals surface area contributed by atoms with Crippen LogP contribution in [-0.4, -0.2) is 28.8 Å².